The summed E-state index contributed by atoms with van der Waals surface area (Å²) in [7, 11) is 0. The molecule has 0 spiro atoms. The van der Waals surface area contributed by atoms with Crippen molar-refractivity contribution in [2.45, 2.75) is 26.7 Å². The second kappa shape index (κ2) is 4.52. The van der Waals surface area contributed by atoms with Crippen molar-refractivity contribution in [1.82, 2.24) is 4.90 Å². The van der Waals surface area contributed by atoms with Gasteiger partial charge in [-0.15, -0.1) is 0 Å². The molecule has 0 saturated carbocycles. The number of hydrogen-bond donors (Lipinski definition) is 0. The fourth-order valence-electron chi connectivity index (χ4n) is 2.09. The molecule has 1 aliphatic rings. The molecule has 0 saturated heterocycles. The molecule has 0 aromatic heterocycles. The van der Waals surface area contributed by atoms with E-state index in [9.17, 15) is 4.79 Å². The van der Waals surface area contributed by atoms with Crippen LogP contribution >= 0.6 is 0 Å². The summed E-state index contributed by atoms with van der Waals surface area (Å²) >= 11 is 0. The van der Waals surface area contributed by atoms with Crippen molar-refractivity contribution >= 4 is 5.91 Å². The Kier molecular flexibility index (Phi) is 3.09. The number of carbonyl (C=O) groups is 1. The average molecular weight is 215 g/mol. The average Bonchev–Trinajstić information content (AvgIpc) is 2.28. The van der Waals surface area contributed by atoms with Crippen LogP contribution in [0, 0.1) is 13.8 Å². The first kappa shape index (κ1) is 10.9. The molecular formula is C14H17NO. The zero-order chi connectivity index (χ0) is 11.5. The van der Waals surface area contributed by atoms with Crippen LogP contribution in [-0.2, 0) is 0 Å². The minimum Gasteiger partial charge on any atom is -0.315 e. The van der Waals surface area contributed by atoms with Crippen LogP contribution in [0.5, 0.6) is 0 Å². The predicted octanol–water partition coefficient (Wildman–Crippen LogP) is 3.05. The van der Waals surface area contributed by atoms with E-state index in [0.717, 1.165) is 36.1 Å². The summed E-state index contributed by atoms with van der Waals surface area (Å²) in [5.74, 6) is 0.114. The van der Waals surface area contributed by atoms with Gasteiger partial charge in [0.15, 0.2) is 0 Å². The maximum atomic E-state index is 12.2. The second-order valence-corrected chi connectivity index (χ2v) is 4.40. The Labute approximate surface area is 96.6 Å². The Hall–Kier alpha value is -1.57. The van der Waals surface area contributed by atoms with Gasteiger partial charge in [-0.1, -0.05) is 23.3 Å². The van der Waals surface area contributed by atoms with Gasteiger partial charge in [0.25, 0.3) is 5.91 Å². The monoisotopic (exact) mass is 215 g/mol. The first-order valence-corrected chi connectivity index (χ1v) is 5.73. The highest BCUT2D eigenvalue weighted by molar-refractivity contribution is 5.95. The lowest BCUT2D eigenvalue weighted by Gasteiger charge is -2.21. The number of nitrogens with zero attached hydrogens (tertiary/aromatic N) is 1. The second-order valence-electron chi connectivity index (χ2n) is 4.40. The van der Waals surface area contributed by atoms with Gasteiger partial charge >= 0.3 is 0 Å². The maximum Gasteiger partial charge on any atom is 0.257 e. The molecule has 1 amide bonds. The summed E-state index contributed by atoms with van der Waals surface area (Å²) in [6.45, 7) is 4.88. The fraction of sp³-hybridized carbons (Fsp3) is 0.357. The lowest BCUT2D eigenvalue weighted by Crippen LogP contribution is -2.28. The number of carbonyl (C=O) groups excluding carboxylic acids is 1. The SMILES string of the molecule is Cc1cc(C)cc(C(=O)N2C=CCCC2)c1. The molecule has 0 aliphatic carbocycles. The van der Waals surface area contributed by atoms with Crippen molar-refractivity contribution in [3.63, 3.8) is 0 Å². The Balaban J connectivity index is 2.26. The summed E-state index contributed by atoms with van der Waals surface area (Å²) in [5.41, 5.74) is 3.08. The summed E-state index contributed by atoms with van der Waals surface area (Å²) < 4.78 is 0. The van der Waals surface area contributed by atoms with Crippen molar-refractivity contribution in [3.05, 3.63) is 47.2 Å². The minimum atomic E-state index is 0.114. The van der Waals surface area contributed by atoms with E-state index in [-0.39, 0.29) is 5.91 Å². The quantitative estimate of drug-likeness (QED) is 0.705. The number of benzene rings is 1. The van der Waals surface area contributed by atoms with Crippen LogP contribution < -0.4 is 0 Å². The molecular weight excluding hydrogens is 198 g/mol. The van der Waals surface area contributed by atoms with E-state index in [1.54, 1.807) is 4.90 Å². The van der Waals surface area contributed by atoms with Crippen LogP contribution in [-0.4, -0.2) is 17.4 Å². The molecule has 0 N–H and O–H groups in total. The van der Waals surface area contributed by atoms with Crippen LogP contribution in [0.25, 0.3) is 0 Å². The molecule has 1 aliphatic heterocycles. The first-order chi connectivity index (χ1) is 7.66. The van der Waals surface area contributed by atoms with E-state index in [0.29, 0.717) is 0 Å². The lowest BCUT2D eigenvalue weighted by molar-refractivity contribution is 0.0815. The maximum absolute atomic E-state index is 12.2. The number of allylic oxidation sites excluding steroid dienone is 1. The molecule has 0 radical (unpaired) electrons. The van der Waals surface area contributed by atoms with Gasteiger partial charge in [-0.2, -0.15) is 0 Å². The Morgan fingerprint density at radius 3 is 2.44 bits per heavy atom. The van der Waals surface area contributed by atoms with Crippen LogP contribution in [0.2, 0.25) is 0 Å². The van der Waals surface area contributed by atoms with E-state index in [4.69, 9.17) is 0 Å². The molecule has 1 aromatic rings. The van der Waals surface area contributed by atoms with Crippen molar-refractivity contribution < 1.29 is 4.79 Å². The summed E-state index contributed by atoms with van der Waals surface area (Å²) in [4.78, 5) is 14.0. The largest absolute Gasteiger partial charge is 0.315 e. The van der Waals surface area contributed by atoms with Crippen LogP contribution in [0.1, 0.15) is 34.3 Å². The third-order valence-corrected chi connectivity index (χ3v) is 2.78. The van der Waals surface area contributed by atoms with Gasteiger partial charge in [-0.25, -0.2) is 0 Å². The Bertz CT molecular complexity index is 414. The standard InChI is InChI=1S/C14H17NO/c1-11-8-12(2)10-13(9-11)14(16)15-6-4-3-5-7-15/h4,6,8-10H,3,5,7H2,1-2H3. The zero-order valence-corrected chi connectivity index (χ0v) is 9.86. The van der Waals surface area contributed by atoms with Crippen LogP contribution in [0.3, 0.4) is 0 Å². The fourth-order valence-corrected chi connectivity index (χ4v) is 2.09. The zero-order valence-electron chi connectivity index (χ0n) is 9.86. The third-order valence-electron chi connectivity index (χ3n) is 2.78. The van der Waals surface area contributed by atoms with Crippen LogP contribution in [0.4, 0.5) is 0 Å². The summed E-state index contributed by atoms with van der Waals surface area (Å²) in [5, 5.41) is 0. The predicted molar refractivity (Wildman–Crippen MR) is 65.3 cm³/mol. The van der Waals surface area contributed by atoms with Crippen molar-refractivity contribution in [1.29, 1.82) is 0 Å². The molecule has 0 fully saturated rings. The molecule has 2 nitrogen and oxygen atoms in total. The smallest absolute Gasteiger partial charge is 0.257 e. The minimum absolute atomic E-state index is 0.114. The molecule has 16 heavy (non-hydrogen) atoms. The van der Waals surface area contributed by atoms with E-state index in [2.05, 4.69) is 12.1 Å². The van der Waals surface area contributed by atoms with E-state index < -0.39 is 0 Å². The van der Waals surface area contributed by atoms with Gasteiger partial charge in [-0.3, -0.25) is 4.79 Å². The van der Waals surface area contributed by atoms with Crippen molar-refractivity contribution in [2.75, 3.05) is 6.54 Å². The summed E-state index contributed by atoms with van der Waals surface area (Å²) in [6.07, 6.45) is 6.11. The Morgan fingerprint density at radius 1 is 1.19 bits per heavy atom. The van der Waals surface area contributed by atoms with Crippen molar-refractivity contribution in [2.24, 2.45) is 0 Å². The molecule has 1 heterocycles. The molecule has 0 unspecified atom stereocenters. The molecule has 1 aromatic carbocycles. The first-order valence-electron chi connectivity index (χ1n) is 5.73. The lowest BCUT2D eigenvalue weighted by atomic mass is 10.1. The van der Waals surface area contributed by atoms with Gasteiger partial charge < -0.3 is 4.90 Å². The highest BCUT2D eigenvalue weighted by Crippen LogP contribution is 2.14. The van der Waals surface area contributed by atoms with Crippen molar-refractivity contribution in [3.8, 4) is 0 Å². The molecule has 0 atom stereocenters. The highest BCUT2D eigenvalue weighted by atomic mass is 16.2. The topological polar surface area (TPSA) is 20.3 Å². The van der Waals surface area contributed by atoms with Gasteiger partial charge in [0.05, 0.1) is 0 Å². The third kappa shape index (κ3) is 2.32. The number of hydrogen-bond acceptors (Lipinski definition) is 1. The van der Waals surface area contributed by atoms with Crippen LogP contribution in [0.15, 0.2) is 30.5 Å². The van der Waals surface area contributed by atoms with Gasteiger partial charge in [-0.05, 0) is 38.8 Å². The molecule has 2 heteroatoms. The molecule has 84 valence electrons. The number of aryl methyl sites for hydroxylation is 2. The Morgan fingerprint density at radius 2 is 1.88 bits per heavy atom. The molecule has 2 rings (SSSR count). The molecule has 0 bridgehead atoms. The number of amides is 1. The van der Waals surface area contributed by atoms with E-state index >= 15 is 0 Å². The van der Waals surface area contributed by atoms with E-state index in [1.165, 1.54) is 0 Å². The highest BCUT2D eigenvalue weighted by Gasteiger charge is 2.15. The van der Waals surface area contributed by atoms with Gasteiger partial charge in [0, 0.05) is 18.3 Å². The van der Waals surface area contributed by atoms with E-state index in [1.807, 2.05) is 32.2 Å². The van der Waals surface area contributed by atoms with Gasteiger partial charge in [0.1, 0.15) is 0 Å². The van der Waals surface area contributed by atoms with Gasteiger partial charge in [0.2, 0.25) is 0 Å². The normalized spacial score (nSPS) is 15.2. The number of rotatable bonds is 1. The summed E-state index contributed by atoms with van der Waals surface area (Å²) in [6, 6.07) is 6.00.